The lowest BCUT2D eigenvalue weighted by Gasteiger charge is -2.19. The number of allylic oxidation sites excluding steroid dienone is 2. The molecule has 0 spiro atoms. The minimum absolute atomic E-state index is 0. The van der Waals surface area contributed by atoms with Crippen LogP contribution in [0.15, 0.2) is 17.1 Å². The molecule has 10 nitrogen and oxygen atoms in total. The van der Waals surface area contributed by atoms with Crippen molar-refractivity contribution in [1.82, 2.24) is 25.8 Å². The molecule has 4 aliphatic rings. The number of carbonyl (C=O) groups excluding carboxylic acids is 4. The number of urea groups is 1. The van der Waals surface area contributed by atoms with Crippen LogP contribution in [0, 0.1) is 23.7 Å². The van der Waals surface area contributed by atoms with E-state index in [-0.39, 0.29) is 85.0 Å². The number of hydrogen-bond donors (Lipinski definition) is 3. The zero-order valence-electron chi connectivity index (χ0n) is 16.8. The Morgan fingerprint density at radius 2 is 1.73 bits per heavy atom. The van der Waals surface area contributed by atoms with Crippen LogP contribution in [-0.4, -0.2) is 78.8 Å². The van der Waals surface area contributed by atoms with Crippen LogP contribution in [0.3, 0.4) is 0 Å². The smallest absolute Gasteiger partial charge is 0.324 e. The highest BCUT2D eigenvalue weighted by molar-refractivity contribution is 14.0. The van der Waals surface area contributed by atoms with Gasteiger partial charge in [-0.3, -0.25) is 29.2 Å². The Hall–Kier alpha value is -2.18. The Morgan fingerprint density at radius 3 is 2.30 bits per heavy atom. The van der Waals surface area contributed by atoms with Gasteiger partial charge in [-0.25, -0.2) is 4.79 Å². The Bertz CT molecular complexity index is 754. The summed E-state index contributed by atoms with van der Waals surface area (Å²) in [6.07, 6.45) is 5.09. The highest BCUT2D eigenvalue weighted by Crippen LogP contribution is 2.52. The van der Waals surface area contributed by atoms with Crippen LogP contribution in [0.4, 0.5) is 4.79 Å². The van der Waals surface area contributed by atoms with Crippen molar-refractivity contribution in [2.24, 2.45) is 28.7 Å². The number of rotatable bonds is 7. The summed E-state index contributed by atoms with van der Waals surface area (Å²) in [5.41, 5.74) is 0. The van der Waals surface area contributed by atoms with Crippen LogP contribution in [0.25, 0.3) is 0 Å². The molecule has 0 radical (unpaired) electrons. The number of hydrogen-bond acceptors (Lipinski definition) is 5. The quantitative estimate of drug-likeness (QED) is 0.102. The van der Waals surface area contributed by atoms with Gasteiger partial charge in [0.1, 0.15) is 0 Å². The van der Waals surface area contributed by atoms with Gasteiger partial charge >= 0.3 is 6.03 Å². The van der Waals surface area contributed by atoms with Gasteiger partial charge in [-0.1, -0.05) is 12.2 Å². The first-order valence-electron chi connectivity index (χ1n) is 10.1. The highest BCUT2D eigenvalue weighted by atomic mass is 127. The molecule has 5 amide bonds. The molecule has 11 heteroatoms. The molecular formula is C19H27IN6O4. The Balaban J connectivity index is 0.00000256. The van der Waals surface area contributed by atoms with Gasteiger partial charge in [0.25, 0.3) is 0 Å². The van der Waals surface area contributed by atoms with Crippen molar-refractivity contribution in [1.29, 1.82) is 0 Å². The monoisotopic (exact) mass is 530 g/mol. The first kappa shape index (κ1) is 22.5. The van der Waals surface area contributed by atoms with Crippen molar-refractivity contribution >= 4 is 53.7 Å². The highest BCUT2D eigenvalue weighted by Gasteiger charge is 2.58. The summed E-state index contributed by atoms with van der Waals surface area (Å²) in [4.78, 5) is 55.4. The number of carbonyl (C=O) groups is 4. The van der Waals surface area contributed by atoms with E-state index < -0.39 is 6.03 Å². The third kappa shape index (κ3) is 4.03. The molecule has 2 aliphatic heterocycles. The zero-order valence-corrected chi connectivity index (χ0v) is 19.1. The maximum Gasteiger partial charge on any atom is 0.324 e. The molecule has 4 rings (SSSR count). The van der Waals surface area contributed by atoms with E-state index in [9.17, 15) is 19.2 Å². The summed E-state index contributed by atoms with van der Waals surface area (Å²) in [6, 6.07) is -0.400. The third-order valence-electron chi connectivity index (χ3n) is 6.06. The Labute approximate surface area is 191 Å². The van der Waals surface area contributed by atoms with Crippen molar-refractivity contribution in [3.63, 3.8) is 0 Å². The summed E-state index contributed by atoms with van der Waals surface area (Å²) in [5.74, 6) is 0.210. The van der Waals surface area contributed by atoms with Crippen LogP contribution in [0.1, 0.15) is 13.3 Å². The second-order valence-corrected chi connectivity index (χ2v) is 7.72. The normalized spacial score (nSPS) is 29.4. The van der Waals surface area contributed by atoms with E-state index in [1.54, 1.807) is 0 Å². The molecule has 2 bridgehead atoms. The summed E-state index contributed by atoms with van der Waals surface area (Å²) >= 11 is 0. The first-order valence-corrected chi connectivity index (χ1v) is 10.1. The molecule has 3 N–H and O–H groups in total. The number of nitrogens with one attached hydrogen (secondary N) is 3. The number of imide groups is 2. The molecule has 2 heterocycles. The molecule has 1 saturated carbocycles. The lowest BCUT2D eigenvalue weighted by molar-refractivity contribution is -0.140. The lowest BCUT2D eigenvalue weighted by atomic mass is 9.85. The minimum Gasteiger partial charge on any atom is -0.357 e. The molecular weight excluding hydrogens is 503 g/mol. The Morgan fingerprint density at radius 1 is 1.07 bits per heavy atom. The third-order valence-corrected chi connectivity index (χ3v) is 6.06. The van der Waals surface area contributed by atoms with Crippen molar-refractivity contribution in [3.05, 3.63) is 12.2 Å². The van der Waals surface area contributed by atoms with Gasteiger partial charge in [-0.2, -0.15) is 0 Å². The fraction of sp³-hybridized carbons (Fsp3) is 0.632. The van der Waals surface area contributed by atoms with E-state index in [1.807, 2.05) is 6.92 Å². The largest absolute Gasteiger partial charge is 0.357 e. The molecule has 3 fully saturated rings. The summed E-state index contributed by atoms with van der Waals surface area (Å²) in [5, 5.41) is 8.66. The zero-order chi connectivity index (χ0) is 20.5. The molecule has 30 heavy (non-hydrogen) atoms. The number of halogens is 1. The molecule has 0 aromatic rings. The second kappa shape index (κ2) is 9.31. The predicted molar refractivity (Wildman–Crippen MR) is 119 cm³/mol. The van der Waals surface area contributed by atoms with Gasteiger partial charge < -0.3 is 16.0 Å². The van der Waals surface area contributed by atoms with Crippen LogP contribution in [0.2, 0.25) is 0 Å². The van der Waals surface area contributed by atoms with Crippen LogP contribution in [-0.2, 0) is 14.4 Å². The van der Waals surface area contributed by atoms with Gasteiger partial charge in [-0.15, -0.1) is 24.0 Å². The van der Waals surface area contributed by atoms with E-state index in [1.165, 1.54) is 4.90 Å². The summed E-state index contributed by atoms with van der Waals surface area (Å²) in [7, 11) is 0. The average molecular weight is 530 g/mol. The van der Waals surface area contributed by atoms with E-state index in [4.69, 9.17) is 0 Å². The van der Waals surface area contributed by atoms with Crippen molar-refractivity contribution < 1.29 is 19.2 Å². The van der Waals surface area contributed by atoms with Gasteiger partial charge in [0.15, 0.2) is 5.96 Å². The van der Waals surface area contributed by atoms with Gasteiger partial charge in [0.2, 0.25) is 17.7 Å². The lowest BCUT2D eigenvalue weighted by Crippen LogP contribution is -2.44. The molecule has 4 unspecified atom stereocenters. The molecule has 0 aromatic heterocycles. The molecule has 4 atom stereocenters. The molecule has 2 aliphatic carbocycles. The maximum absolute atomic E-state index is 12.7. The number of guanidine groups is 1. The fourth-order valence-corrected chi connectivity index (χ4v) is 4.76. The minimum atomic E-state index is -0.400. The number of amides is 5. The maximum atomic E-state index is 12.7. The molecule has 2 saturated heterocycles. The SMILES string of the molecule is CCNC(=NCCN1C(=O)CNC1=O)NCCN1C(=O)C2C3C=CC(C3)C2C1=O.I. The van der Waals surface area contributed by atoms with Crippen LogP contribution >= 0.6 is 24.0 Å². The van der Waals surface area contributed by atoms with Gasteiger partial charge in [0, 0.05) is 19.6 Å². The Kier molecular flexibility index (Phi) is 6.98. The van der Waals surface area contributed by atoms with Crippen LogP contribution < -0.4 is 16.0 Å². The van der Waals surface area contributed by atoms with E-state index in [0.29, 0.717) is 25.6 Å². The topological polar surface area (TPSA) is 123 Å². The predicted octanol–water partition coefficient (Wildman–Crippen LogP) is -0.482. The van der Waals surface area contributed by atoms with E-state index in [0.717, 1.165) is 11.3 Å². The molecule has 164 valence electrons. The second-order valence-electron chi connectivity index (χ2n) is 7.72. The van der Waals surface area contributed by atoms with Crippen LogP contribution in [0.5, 0.6) is 0 Å². The van der Waals surface area contributed by atoms with Crippen molar-refractivity contribution in [2.75, 3.05) is 39.3 Å². The van der Waals surface area contributed by atoms with Gasteiger partial charge in [-0.05, 0) is 25.2 Å². The number of nitrogens with zero attached hydrogens (tertiary/aromatic N) is 3. The summed E-state index contributed by atoms with van der Waals surface area (Å²) in [6.45, 7) is 3.72. The van der Waals surface area contributed by atoms with Gasteiger partial charge in [0.05, 0.1) is 31.5 Å². The first-order chi connectivity index (χ1) is 14.0. The number of aliphatic imine (C=N–C) groups is 1. The van der Waals surface area contributed by atoms with E-state index in [2.05, 4.69) is 33.1 Å². The molecule has 0 aromatic carbocycles. The van der Waals surface area contributed by atoms with Crippen molar-refractivity contribution in [3.8, 4) is 0 Å². The number of likely N-dealkylation sites (tertiary alicyclic amines) is 1. The fourth-order valence-electron chi connectivity index (χ4n) is 4.76. The summed E-state index contributed by atoms with van der Waals surface area (Å²) < 4.78 is 0. The van der Waals surface area contributed by atoms with E-state index >= 15 is 0 Å². The standard InChI is InChI=1S/C19H26N6O4.HI/c1-2-20-18(21-5-7-24-13(26)10-23-19(24)29)22-6-8-25-16(27)14-11-3-4-12(9-11)15(14)17(25)28;/h3-4,11-12,14-15H,2,5-10H2,1H3,(H,23,29)(H2,20,21,22);1H. The number of fused-ring (bicyclic) bond motifs is 5. The average Bonchev–Trinajstić information content (AvgIpc) is 3.44. The van der Waals surface area contributed by atoms with Crippen molar-refractivity contribution in [2.45, 2.75) is 13.3 Å².